The van der Waals surface area contributed by atoms with Crippen LogP contribution >= 0.6 is 0 Å². The molecule has 118 valence electrons. The van der Waals surface area contributed by atoms with E-state index in [0.29, 0.717) is 24.9 Å². The lowest BCUT2D eigenvalue weighted by atomic mass is 9.91. The van der Waals surface area contributed by atoms with Crippen molar-refractivity contribution in [1.82, 2.24) is 0 Å². The Morgan fingerprint density at radius 3 is 2.78 bits per heavy atom. The number of nitriles is 1. The van der Waals surface area contributed by atoms with Gasteiger partial charge in [0.05, 0.1) is 6.07 Å². The van der Waals surface area contributed by atoms with Gasteiger partial charge in [-0.25, -0.2) is 0 Å². The summed E-state index contributed by atoms with van der Waals surface area (Å²) in [5.74, 6) is -0.138. The number of nitrogens with one attached hydrogen (secondary N) is 2. The molecule has 2 N–H and O–H groups in total. The van der Waals surface area contributed by atoms with Gasteiger partial charge in [0.25, 0.3) is 0 Å². The molecule has 2 fully saturated rings. The fraction of sp³-hybridized carbons (Fsp3) is 0.500. The molecule has 1 aliphatic heterocycles. The van der Waals surface area contributed by atoms with E-state index in [0.717, 1.165) is 36.9 Å². The molecule has 1 atom stereocenters. The minimum Gasteiger partial charge on any atom is -0.326 e. The molecule has 0 bridgehead atoms. The van der Waals surface area contributed by atoms with E-state index in [9.17, 15) is 14.9 Å². The van der Waals surface area contributed by atoms with Gasteiger partial charge >= 0.3 is 0 Å². The number of aryl methyl sites for hydroxylation is 1. The molecule has 1 unspecified atom stereocenters. The predicted octanol–water partition coefficient (Wildman–Crippen LogP) is 2.98. The molecule has 2 aliphatic carbocycles. The maximum atomic E-state index is 12.7. The third-order valence-electron chi connectivity index (χ3n) is 5.78. The first-order valence-corrected chi connectivity index (χ1v) is 8.24. The highest BCUT2D eigenvalue weighted by atomic mass is 16.2. The Balaban J connectivity index is 1.54. The van der Waals surface area contributed by atoms with Crippen molar-refractivity contribution in [2.24, 2.45) is 10.8 Å². The minimum absolute atomic E-state index is 0.0267. The molecule has 0 aromatic heterocycles. The second-order valence-electron chi connectivity index (χ2n) is 7.06. The molecule has 1 aromatic rings. The van der Waals surface area contributed by atoms with Gasteiger partial charge in [-0.05, 0) is 49.4 Å². The maximum absolute atomic E-state index is 12.7. The van der Waals surface area contributed by atoms with Crippen LogP contribution < -0.4 is 10.6 Å². The number of amides is 2. The van der Waals surface area contributed by atoms with Crippen LogP contribution in [0.15, 0.2) is 18.2 Å². The molecular formula is C18H19N3O2. The van der Waals surface area contributed by atoms with Gasteiger partial charge in [-0.15, -0.1) is 0 Å². The molecule has 5 heteroatoms. The van der Waals surface area contributed by atoms with E-state index < -0.39 is 5.41 Å². The summed E-state index contributed by atoms with van der Waals surface area (Å²) >= 11 is 0. The highest BCUT2D eigenvalue weighted by molar-refractivity contribution is 6.01. The van der Waals surface area contributed by atoms with Crippen molar-refractivity contribution >= 4 is 23.2 Å². The van der Waals surface area contributed by atoms with Crippen LogP contribution in [0.25, 0.3) is 0 Å². The third kappa shape index (κ3) is 2.05. The Morgan fingerprint density at radius 1 is 1.26 bits per heavy atom. The number of rotatable bonds is 2. The monoisotopic (exact) mass is 309 g/mol. The van der Waals surface area contributed by atoms with E-state index in [-0.39, 0.29) is 17.2 Å². The Labute approximate surface area is 135 Å². The lowest BCUT2D eigenvalue weighted by Crippen LogP contribution is -2.28. The molecule has 0 radical (unpaired) electrons. The van der Waals surface area contributed by atoms with Crippen molar-refractivity contribution in [2.45, 2.75) is 44.9 Å². The van der Waals surface area contributed by atoms with Gasteiger partial charge in [0.2, 0.25) is 11.8 Å². The quantitative estimate of drug-likeness (QED) is 0.881. The molecule has 3 aliphatic rings. The zero-order valence-corrected chi connectivity index (χ0v) is 12.9. The van der Waals surface area contributed by atoms with Crippen LogP contribution in [0, 0.1) is 22.2 Å². The number of hydrogen-bond acceptors (Lipinski definition) is 3. The Bertz CT molecular complexity index is 743. The van der Waals surface area contributed by atoms with Gasteiger partial charge in [0.1, 0.15) is 5.41 Å². The van der Waals surface area contributed by atoms with E-state index in [1.807, 2.05) is 12.1 Å². The van der Waals surface area contributed by atoms with Crippen molar-refractivity contribution in [3.63, 3.8) is 0 Å². The SMILES string of the molecule is N#CC1(C(=O)Nc2ccc3c(c2)CCC(=O)N3)CC12CCCC2. The summed E-state index contributed by atoms with van der Waals surface area (Å²) in [6.07, 6.45) is 6.07. The van der Waals surface area contributed by atoms with E-state index in [1.165, 1.54) is 0 Å². The Kier molecular flexibility index (Phi) is 2.99. The van der Waals surface area contributed by atoms with Gasteiger partial charge < -0.3 is 10.6 Å². The van der Waals surface area contributed by atoms with Crippen LogP contribution in [-0.2, 0) is 16.0 Å². The van der Waals surface area contributed by atoms with Crippen molar-refractivity contribution in [3.05, 3.63) is 23.8 Å². The van der Waals surface area contributed by atoms with Crippen LogP contribution in [0.5, 0.6) is 0 Å². The topological polar surface area (TPSA) is 82.0 Å². The number of benzene rings is 1. The molecule has 1 aromatic carbocycles. The molecule has 0 saturated heterocycles. The first-order valence-electron chi connectivity index (χ1n) is 8.24. The van der Waals surface area contributed by atoms with E-state index in [4.69, 9.17) is 0 Å². The van der Waals surface area contributed by atoms with Gasteiger partial charge in [-0.2, -0.15) is 5.26 Å². The second kappa shape index (κ2) is 4.82. The molecule has 1 spiro atoms. The Morgan fingerprint density at radius 2 is 2.04 bits per heavy atom. The van der Waals surface area contributed by atoms with Crippen molar-refractivity contribution < 1.29 is 9.59 Å². The first-order chi connectivity index (χ1) is 11.1. The highest BCUT2D eigenvalue weighted by Crippen LogP contribution is 2.71. The number of nitrogens with zero attached hydrogens (tertiary/aromatic N) is 1. The van der Waals surface area contributed by atoms with Crippen LogP contribution in [-0.4, -0.2) is 11.8 Å². The standard InChI is InChI=1S/C18H19N3O2/c19-11-18(10-17(18)7-1-2-8-17)16(23)20-13-4-5-14-12(9-13)3-6-15(22)21-14/h4-5,9H,1-3,6-8,10H2,(H,20,23)(H,21,22). The largest absolute Gasteiger partial charge is 0.326 e. The predicted molar refractivity (Wildman–Crippen MR) is 85.6 cm³/mol. The summed E-state index contributed by atoms with van der Waals surface area (Å²) in [5, 5.41) is 15.4. The molecule has 23 heavy (non-hydrogen) atoms. The molecule has 4 rings (SSSR count). The van der Waals surface area contributed by atoms with E-state index in [2.05, 4.69) is 16.7 Å². The second-order valence-corrected chi connectivity index (χ2v) is 7.06. The number of fused-ring (bicyclic) bond motifs is 1. The summed E-state index contributed by atoms with van der Waals surface area (Å²) in [7, 11) is 0. The van der Waals surface area contributed by atoms with Crippen LogP contribution in [0.3, 0.4) is 0 Å². The number of hydrogen-bond donors (Lipinski definition) is 2. The smallest absolute Gasteiger partial charge is 0.245 e. The number of carbonyl (C=O) groups excluding carboxylic acids is 2. The molecular weight excluding hydrogens is 290 g/mol. The highest BCUT2D eigenvalue weighted by Gasteiger charge is 2.72. The summed E-state index contributed by atoms with van der Waals surface area (Å²) in [6, 6.07) is 7.82. The molecule has 2 saturated carbocycles. The zero-order valence-electron chi connectivity index (χ0n) is 12.9. The average molecular weight is 309 g/mol. The lowest BCUT2D eigenvalue weighted by molar-refractivity contribution is -0.120. The van der Waals surface area contributed by atoms with Gasteiger partial charge in [0.15, 0.2) is 0 Å². The molecule has 5 nitrogen and oxygen atoms in total. The first kappa shape index (κ1) is 14.3. The lowest BCUT2D eigenvalue weighted by Gasteiger charge is -2.19. The van der Waals surface area contributed by atoms with Gasteiger partial charge in [-0.3, -0.25) is 9.59 Å². The van der Waals surface area contributed by atoms with Gasteiger partial charge in [-0.1, -0.05) is 12.8 Å². The maximum Gasteiger partial charge on any atom is 0.245 e. The third-order valence-corrected chi connectivity index (χ3v) is 5.78. The zero-order chi connectivity index (χ0) is 16.1. The Hall–Kier alpha value is -2.35. The normalized spacial score (nSPS) is 27.0. The average Bonchev–Trinajstić information content (AvgIpc) is 2.94. The summed E-state index contributed by atoms with van der Waals surface area (Å²) in [5.41, 5.74) is 1.63. The number of anilines is 2. The summed E-state index contributed by atoms with van der Waals surface area (Å²) in [4.78, 5) is 24.1. The van der Waals surface area contributed by atoms with Crippen LogP contribution in [0.1, 0.15) is 44.1 Å². The van der Waals surface area contributed by atoms with Crippen LogP contribution in [0.2, 0.25) is 0 Å². The van der Waals surface area contributed by atoms with Gasteiger partial charge in [0, 0.05) is 23.2 Å². The van der Waals surface area contributed by atoms with E-state index in [1.54, 1.807) is 6.07 Å². The van der Waals surface area contributed by atoms with E-state index >= 15 is 0 Å². The minimum atomic E-state index is -0.840. The fourth-order valence-electron chi connectivity index (χ4n) is 4.35. The summed E-state index contributed by atoms with van der Waals surface area (Å²) in [6.45, 7) is 0. The van der Waals surface area contributed by atoms with Crippen molar-refractivity contribution in [2.75, 3.05) is 10.6 Å². The molecule has 2 amide bonds. The van der Waals surface area contributed by atoms with Crippen molar-refractivity contribution in [3.8, 4) is 6.07 Å². The van der Waals surface area contributed by atoms with Crippen LogP contribution in [0.4, 0.5) is 11.4 Å². The fourth-order valence-corrected chi connectivity index (χ4v) is 4.35. The molecule has 1 heterocycles. The van der Waals surface area contributed by atoms with Crippen molar-refractivity contribution in [1.29, 1.82) is 5.26 Å². The summed E-state index contributed by atoms with van der Waals surface area (Å²) < 4.78 is 0. The number of carbonyl (C=O) groups is 2.